The number of fused-ring (bicyclic) bond motifs is 1. The zero-order valence-corrected chi connectivity index (χ0v) is 10.5. The molecule has 102 valence electrons. The lowest BCUT2D eigenvalue weighted by Crippen LogP contribution is -2.22. The van der Waals surface area contributed by atoms with Crippen LogP contribution in [0.4, 0.5) is 11.4 Å². The number of nitrogens with one attached hydrogen (secondary N) is 2. The van der Waals surface area contributed by atoms with Crippen LogP contribution in [0.5, 0.6) is 0 Å². The summed E-state index contributed by atoms with van der Waals surface area (Å²) in [7, 11) is 0. The zero-order chi connectivity index (χ0) is 13.7. The summed E-state index contributed by atoms with van der Waals surface area (Å²) in [4.78, 5) is 10.3. The fourth-order valence-corrected chi connectivity index (χ4v) is 1.73. The molecule has 1 aromatic carbocycles. The number of hydrogen-bond donors (Lipinski definition) is 2. The number of aromatic nitrogens is 2. The average Bonchev–Trinajstić information content (AvgIpc) is 2.87. The van der Waals surface area contributed by atoms with Gasteiger partial charge in [0.25, 0.3) is 0 Å². The van der Waals surface area contributed by atoms with Gasteiger partial charge in [-0.1, -0.05) is 6.92 Å². The Morgan fingerprint density at radius 1 is 1.26 bits per heavy atom. The lowest BCUT2D eigenvalue weighted by molar-refractivity contribution is -0.383. The molecule has 19 heavy (non-hydrogen) atoms. The lowest BCUT2D eigenvalue weighted by atomic mass is 10.2. The van der Waals surface area contributed by atoms with Crippen molar-refractivity contribution in [2.75, 3.05) is 25.0 Å². The molecule has 0 atom stereocenters. The second kappa shape index (κ2) is 6.10. The second-order valence-electron chi connectivity index (χ2n) is 4.03. The Morgan fingerprint density at radius 2 is 2.05 bits per heavy atom. The van der Waals surface area contributed by atoms with E-state index in [9.17, 15) is 10.1 Å². The van der Waals surface area contributed by atoms with Gasteiger partial charge in [0.2, 0.25) is 5.52 Å². The van der Waals surface area contributed by atoms with E-state index in [0.29, 0.717) is 17.7 Å². The summed E-state index contributed by atoms with van der Waals surface area (Å²) in [5.41, 5.74) is 1.12. The molecule has 1 heterocycles. The molecule has 8 nitrogen and oxygen atoms in total. The van der Waals surface area contributed by atoms with E-state index in [2.05, 4.69) is 32.5 Å². The van der Waals surface area contributed by atoms with Gasteiger partial charge in [-0.2, -0.15) is 0 Å². The van der Waals surface area contributed by atoms with Crippen LogP contribution in [-0.4, -0.2) is 34.9 Å². The topological polar surface area (TPSA) is 106 Å². The summed E-state index contributed by atoms with van der Waals surface area (Å²) in [5, 5.41) is 24.5. The van der Waals surface area contributed by atoms with E-state index < -0.39 is 4.92 Å². The summed E-state index contributed by atoms with van der Waals surface area (Å²) in [6, 6.07) is 3.01. The first kappa shape index (κ1) is 13.2. The number of nitro benzene ring substituents is 1. The third kappa shape index (κ3) is 2.97. The molecule has 0 amide bonds. The number of benzene rings is 1. The van der Waals surface area contributed by atoms with Crippen molar-refractivity contribution < 1.29 is 9.55 Å². The Hall–Kier alpha value is -2.22. The summed E-state index contributed by atoms with van der Waals surface area (Å²) in [6.07, 6.45) is 1.08. The minimum absolute atomic E-state index is 0.106. The van der Waals surface area contributed by atoms with E-state index in [1.165, 1.54) is 6.07 Å². The maximum Gasteiger partial charge on any atom is 0.300 e. The van der Waals surface area contributed by atoms with E-state index in [4.69, 9.17) is 0 Å². The number of nitro groups is 1. The van der Waals surface area contributed by atoms with Gasteiger partial charge in [-0.25, -0.2) is 4.63 Å². The van der Waals surface area contributed by atoms with Crippen molar-refractivity contribution in [2.24, 2.45) is 0 Å². The maximum atomic E-state index is 10.8. The molecule has 8 heteroatoms. The Bertz CT molecular complexity index is 568. The van der Waals surface area contributed by atoms with Crippen LogP contribution >= 0.6 is 0 Å². The van der Waals surface area contributed by atoms with E-state index in [0.717, 1.165) is 19.5 Å². The molecule has 0 spiro atoms. The van der Waals surface area contributed by atoms with Gasteiger partial charge >= 0.3 is 5.69 Å². The minimum Gasteiger partial charge on any atom is -0.382 e. The smallest absolute Gasteiger partial charge is 0.300 e. The monoisotopic (exact) mass is 265 g/mol. The molecule has 0 aliphatic heterocycles. The van der Waals surface area contributed by atoms with Crippen LogP contribution in [0.3, 0.4) is 0 Å². The molecule has 2 aromatic rings. The van der Waals surface area contributed by atoms with Gasteiger partial charge in [-0.15, -0.1) is 0 Å². The Morgan fingerprint density at radius 3 is 2.79 bits per heavy atom. The first-order valence-corrected chi connectivity index (χ1v) is 6.08. The molecular formula is C11H15N5O3. The molecule has 0 bridgehead atoms. The first-order chi connectivity index (χ1) is 9.24. The van der Waals surface area contributed by atoms with Crippen molar-refractivity contribution in [1.82, 2.24) is 15.6 Å². The van der Waals surface area contributed by atoms with Crippen LogP contribution < -0.4 is 10.6 Å². The van der Waals surface area contributed by atoms with Crippen LogP contribution in [0.15, 0.2) is 16.8 Å². The normalized spacial score (nSPS) is 10.8. The fraction of sp³-hybridized carbons (Fsp3) is 0.455. The standard InChI is InChI=1S/C11H15N5O3/c1-2-5-12-6-7-13-8-3-4-9(16(17)18)11-10(8)14-19-15-11/h3-4,12-13H,2,5-7H2,1H3. The molecule has 0 aliphatic rings. The van der Waals surface area contributed by atoms with Gasteiger partial charge < -0.3 is 10.6 Å². The molecular weight excluding hydrogens is 250 g/mol. The second-order valence-corrected chi connectivity index (χ2v) is 4.03. The molecule has 0 saturated carbocycles. The first-order valence-electron chi connectivity index (χ1n) is 6.08. The third-order valence-corrected chi connectivity index (χ3v) is 2.63. The average molecular weight is 265 g/mol. The maximum absolute atomic E-state index is 10.8. The van der Waals surface area contributed by atoms with Gasteiger partial charge in [-0.3, -0.25) is 10.1 Å². The van der Waals surface area contributed by atoms with Crippen LogP contribution in [0, 0.1) is 10.1 Å². The molecule has 0 saturated heterocycles. The summed E-state index contributed by atoms with van der Waals surface area (Å²) < 4.78 is 4.58. The SMILES string of the molecule is CCCNCCNc1ccc([N+](=O)[O-])c2nonc12. The van der Waals surface area contributed by atoms with Gasteiger partial charge in [-0.05, 0) is 29.3 Å². The highest BCUT2D eigenvalue weighted by Gasteiger charge is 2.19. The Kier molecular flexibility index (Phi) is 4.24. The number of nitrogens with zero attached hydrogens (tertiary/aromatic N) is 3. The highest BCUT2D eigenvalue weighted by Crippen LogP contribution is 2.28. The molecule has 0 aliphatic carbocycles. The van der Waals surface area contributed by atoms with Crippen LogP contribution in [0.1, 0.15) is 13.3 Å². The van der Waals surface area contributed by atoms with Gasteiger partial charge in [0.15, 0.2) is 5.52 Å². The molecule has 0 unspecified atom stereocenters. The predicted molar refractivity (Wildman–Crippen MR) is 70.1 cm³/mol. The summed E-state index contributed by atoms with van der Waals surface area (Å²) >= 11 is 0. The van der Waals surface area contributed by atoms with Gasteiger partial charge in [0.1, 0.15) is 0 Å². The van der Waals surface area contributed by atoms with E-state index >= 15 is 0 Å². The van der Waals surface area contributed by atoms with Crippen molar-refractivity contribution >= 4 is 22.4 Å². The lowest BCUT2D eigenvalue weighted by Gasteiger charge is -2.07. The Balaban J connectivity index is 2.10. The van der Waals surface area contributed by atoms with E-state index in [1.807, 2.05) is 0 Å². The van der Waals surface area contributed by atoms with Crippen LogP contribution in [0.2, 0.25) is 0 Å². The summed E-state index contributed by atoms with van der Waals surface area (Å²) in [5.74, 6) is 0. The van der Waals surface area contributed by atoms with Crippen molar-refractivity contribution in [3.05, 3.63) is 22.2 Å². The number of non-ortho nitro benzene ring substituents is 1. The van der Waals surface area contributed by atoms with Crippen LogP contribution in [0.25, 0.3) is 11.0 Å². The van der Waals surface area contributed by atoms with Crippen molar-refractivity contribution in [3.8, 4) is 0 Å². The van der Waals surface area contributed by atoms with Gasteiger partial charge in [0, 0.05) is 19.2 Å². The molecule has 2 N–H and O–H groups in total. The highest BCUT2D eigenvalue weighted by atomic mass is 16.6. The highest BCUT2D eigenvalue weighted by molar-refractivity contribution is 5.93. The minimum atomic E-state index is -0.501. The number of rotatable bonds is 7. The quantitative estimate of drug-likeness (QED) is 0.444. The molecule has 1 aromatic heterocycles. The zero-order valence-electron chi connectivity index (χ0n) is 10.5. The van der Waals surface area contributed by atoms with Crippen molar-refractivity contribution in [3.63, 3.8) is 0 Å². The van der Waals surface area contributed by atoms with E-state index in [1.54, 1.807) is 6.07 Å². The van der Waals surface area contributed by atoms with Crippen molar-refractivity contribution in [2.45, 2.75) is 13.3 Å². The number of hydrogen-bond acceptors (Lipinski definition) is 7. The fourth-order valence-electron chi connectivity index (χ4n) is 1.73. The third-order valence-electron chi connectivity index (χ3n) is 2.63. The molecule has 0 radical (unpaired) electrons. The van der Waals surface area contributed by atoms with Crippen molar-refractivity contribution in [1.29, 1.82) is 0 Å². The van der Waals surface area contributed by atoms with Gasteiger partial charge in [0.05, 0.1) is 10.6 Å². The molecule has 2 rings (SSSR count). The van der Waals surface area contributed by atoms with Crippen LogP contribution in [-0.2, 0) is 0 Å². The largest absolute Gasteiger partial charge is 0.382 e. The van der Waals surface area contributed by atoms with E-state index in [-0.39, 0.29) is 11.2 Å². The number of anilines is 1. The predicted octanol–water partition coefficient (Wildman–Crippen LogP) is 1.54. The molecule has 0 fully saturated rings. The Labute approximate surface area is 109 Å². The summed E-state index contributed by atoms with van der Waals surface area (Å²) in [6.45, 7) is 4.56.